The molecule has 2 heterocycles. The van der Waals surface area contributed by atoms with E-state index in [4.69, 9.17) is 4.74 Å². The van der Waals surface area contributed by atoms with Crippen molar-refractivity contribution in [3.8, 4) is 5.75 Å². The zero-order chi connectivity index (χ0) is 19.0. The van der Waals surface area contributed by atoms with Crippen molar-refractivity contribution < 1.29 is 13.2 Å². The van der Waals surface area contributed by atoms with Gasteiger partial charge in [-0.05, 0) is 37.4 Å². The summed E-state index contributed by atoms with van der Waals surface area (Å²) in [6.45, 7) is 4.38. The van der Waals surface area contributed by atoms with Gasteiger partial charge in [0.05, 0.1) is 22.9 Å². The lowest BCUT2D eigenvalue weighted by molar-refractivity contribution is 0.309. The molecule has 6 nitrogen and oxygen atoms in total. The first kappa shape index (κ1) is 18.6. The Hall–Kier alpha value is -1.77. The van der Waals surface area contributed by atoms with Gasteiger partial charge in [0.15, 0.2) is 0 Å². The summed E-state index contributed by atoms with van der Waals surface area (Å²) in [4.78, 5) is 4.80. The molecule has 144 valence electrons. The monoisotopic (exact) mass is 451 g/mol. The summed E-state index contributed by atoms with van der Waals surface area (Å²) in [5.41, 5.74) is 2.61. The van der Waals surface area contributed by atoms with E-state index in [1.165, 1.54) is 0 Å². The van der Waals surface area contributed by atoms with Crippen LogP contribution in [0.3, 0.4) is 0 Å². The molecule has 0 unspecified atom stereocenters. The predicted octanol–water partition coefficient (Wildman–Crippen LogP) is 2.94. The van der Waals surface area contributed by atoms with Gasteiger partial charge in [0.1, 0.15) is 5.75 Å². The van der Waals surface area contributed by atoms with Gasteiger partial charge in [-0.2, -0.15) is 0 Å². The van der Waals surface area contributed by atoms with Crippen molar-refractivity contribution in [3.63, 3.8) is 0 Å². The van der Waals surface area contributed by atoms with Crippen molar-refractivity contribution in [1.82, 2.24) is 4.90 Å². The summed E-state index contributed by atoms with van der Waals surface area (Å²) >= 11 is 3.33. The molecule has 4 rings (SSSR count). The molecule has 2 aromatic rings. The van der Waals surface area contributed by atoms with Gasteiger partial charge in [-0.25, -0.2) is 8.42 Å². The van der Waals surface area contributed by atoms with Crippen molar-refractivity contribution in [3.05, 3.63) is 46.4 Å². The van der Waals surface area contributed by atoms with Crippen LogP contribution in [0.2, 0.25) is 0 Å². The van der Waals surface area contributed by atoms with Crippen LogP contribution >= 0.6 is 15.9 Å². The fourth-order valence-electron chi connectivity index (χ4n) is 3.48. The number of anilines is 2. The highest BCUT2D eigenvalue weighted by molar-refractivity contribution is 9.10. The Bertz CT molecular complexity index is 957. The number of benzene rings is 2. The van der Waals surface area contributed by atoms with Gasteiger partial charge in [-0.15, -0.1) is 0 Å². The van der Waals surface area contributed by atoms with E-state index in [0.29, 0.717) is 12.3 Å². The van der Waals surface area contributed by atoms with Crippen molar-refractivity contribution >= 4 is 37.3 Å². The number of hydrogen-bond acceptors (Lipinski definition) is 5. The molecule has 2 aliphatic rings. The van der Waals surface area contributed by atoms with Crippen LogP contribution < -0.4 is 14.4 Å². The third kappa shape index (κ3) is 3.93. The minimum Gasteiger partial charge on any atom is -0.491 e. The summed E-state index contributed by atoms with van der Waals surface area (Å²) in [7, 11) is -1.55. The highest BCUT2D eigenvalue weighted by atomic mass is 79.9. The third-order valence-electron chi connectivity index (χ3n) is 4.97. The fraction of sp³-hybridized carbons (Fsp3) is 0.368. The number of rotatable bonds is 4. The van der Waals surface area contributed by atoms with Crippen LogP contribution in [0, 0.1) is 0 Å². The SMILES string of the molecule is CN1CCN(c2cc(NS(=O)(=O)c3cccc(Br)c3)cc3c2OCC3)CC1. The van der Waals surface area contributed by atoms with Gasteiger partial charge >= 0.3 is 0 Å². The van der Waals surface area contributed by atoms with E-state index in [1.807, 2.05) is 12.1 Å². The maximum absolute atomic E-state index is 12.8. The molecule has 0 aliphatic carbocycles. The summed E-state index contributed by atoms with van der Waals surface area (Å²) in [5, 5.41) is 0. The second-order valence-corrected chi connectivity index (χ2v) is 9.53. The molecule has 0 atom stereocenters. The van der Waals surface area contributed by atoms with Gasteiger partial charge in [-0.3, -0.25) is 4.72 Å². The summed E-state index contributed by atoms with van der Waals surface area (Å²) in [6, 6.07) is 10.5. The smallest absolute Gasteiger partial charge is 0.261 e. The van der Waals surface area contributed by atoms with E-state index >= 15 is 0 Å². The van der Waals surface area contributed by atoms with E-state index < -0.39 is 10.0 Å². The molecule has 2 aliphatic heterocycles. The van der Waals surface area contributed by atoms with Crippen molar-refractivity contribution in [2.75, 3.05) is 49.5 Å². The van der Waals surface area contributed by atoms with Crippen LogP contribution in [0.4, 0.5) is 11.4 Å². The molecular weight excluding hydrogens is 430 g/mol. The quantitative estimate of drug-likeness (QED) is 0.773. The number of nitrogens with zero attached hydrogens (tertiary/aromatic N) is 2. The molecule has 2 aromatic carbocycles. The van der Waals surface area contributed by atoms with Gasteiger partial charge in [0, 0.05) is 42.6 Å². The van der Waals surface area contributed by atoms with E-state index in [-0.39, 0.29) is 4.90 Å². The highest BCUT2D eigenvalue weighted by Gasteiger charge is 2.25. The highest BCUT2D eigenvalue weighted by Crippen LogP contribution is 2.40. The minimum absolute atomic E-state index is 0.231. The zero-order valence-corrected chi connectivity index (χ0v) is 17.5. The van der Waals surface area contributed by atoms with E-state index in [2.05, 4.69) is 37.5 Å². The van der Waals surface area contributed by atoms with Crippen LogP contribution in [0.1, 0.15) is 5.56 Å². The molecule has 0 spiro atoms. The summed E-state index contributed by atoms with van der Waals surface area (Å²) in [5.74, 6) is 0.893. The molecule has 1 saturated heterocycles. The van der Waals surface area contributed by atoms with E-state index in [9.17, 15) is 8.42 Å². The molecule has 0 aromatic heterocycles. The largest absolute Gasteiger partial charge is 0.491 e. The van der Waals surface area contributed by atoms with E-state index in [1.54, 1.807) is 24.3 Å². The van der Waals surface area contributed by atoms with Crippen molar-refractivity contribution in [2.24, 2.45) is 0 Å². The zero-order valence-electron chi connectivity index (χ0n) is 15.1. The molecule has 8 heteroatoms. The molecule has 1 N–H and O–H groups in total. The first-order valence-electron chi connectivity index (χ1n) is 8.94. The van der Waals surface area contributed by atoms with Crippen molar-refractivity contribution in [1.29, 1.82) is 0 Å². The van der Waals surface area contributed by atoms with Crippen LogP contribution in [0.5, 0.6) is 5.75 Å². The second kappa shape index (κ2) is 7.33. The molecule has 0 saturated carbocycles. The number of sulfonamides is 1. The number of nitrogens with one attached hydrogen (secondary N) is 1. The average Bonchev–Trinajstić information content (AvgIpc) is 3.10. The van der Waals surface area contributed by atoms with Crippen LogP contribution in [0.25, 0.3) is 0 Å². The van der Waals surface area contributed by atoms with Crippen molar-refractivity contribution in [2.45, 2.75) is 11.3 Å². The standard InChI is InChI=1S/C19H22BrN3O3S/c1-22-6-8-23(9-7-22)18-13-16(11-14-5-10-26-19(14)18)21-27(24,25)17-4-2-3-15(20)12-17/h2-4,11-13,21H,5-10H2,1H3. The number of halogens is 1. The summed E-state index contributed by atoms with van der Waals surface area (Å²) in [6.07, 6.45) is 0.794. The maximum Gasteiger partial charge on any atom is 0.261 e. The van der Waals surface area contributed by atoms with Gasteiger partial charge in [-0.1, -0.05) is 22.0 Å². The average molecular weight is 452 g/mol. The predicted molar refractivity (Wildman–Crippen MR) is 110 cm³/mol. The Labute approximate surface area is 168 Å². The Balaban J connectivity index is 1.67. The first-order valence-corrected chi connectivity index (χ1v) is 11.2. The Morgan fingerprint density at radius 3 is 2.63 bits per heavy atom. The summed E-state index contributed by atoms with van der Waals surface area (Å²) < 4.78 is 34.9. The van der Waals surface area contributed by atoms with Gasteiger partial charge in [0.25, 0.3) is 10.0 Å². The Kier molecular flexibility index (Phi) is 5.05. The number of hydrogen-bond donors (Lipinski definition) is 1. The first-order chi connectivity index (χ1) is 12.9. The Morgan fingerprint density at radius 2 is 1.89 bits per heavy atom. The number of piperazine rings is 1. The second-order valence-electron chi connectivity index (χ2n) is 6.94. The van der Waals surface area contributed by atoms with Gasteiger partial charge < -0.3 is 14.5 Å². The van der Waals surface area contributed by atoms with Crippen LogP contribution in [0.15, 0.2) is 45.8 Å². The lowest BCUT2D eigenvalue weighted by atomic mass is 10.1. The molecule has 0 radical (unpaired) electrons. The molecule has 0 amide bonds. The lowest BCUT2D eigenvalue weighted by Gasteiger charge is -2.35. The third-order valence-corrected chi connectivity index (χ3v) is 6.84. The number of likely N-dealkylation sites (N-methyl/N-ethyl adjacent to an activating group) is 1. The van der Waals surface area contributed by atoms with Crippen LogP contribution in [-0.2, 0) is 16.4 Å². The number of ether oxygens (including phenoxy) is 1. The topological polar surface area (TPSA) is 61.9 Å². The lowest BCUT2D eigenvalue weighted by Crippen LogP contribution is -2.44. The number of fused-ring (bicyclic) bond motifs is 1. The molecule has 27 heavy (non-hydrogen) atoms. The maximum atomic E-state index is 12.8. The minimum atomic E-state index is -3.66. The normalized spacial score (nSPS) is 17.5. The van der Waals surface area contributed by atoms with Gasteiger partial charge in [0.2, 0.25) is 0 Å². The Morgan fingerprint density at radius 1 is 1.11 bits per heavy atom. The molecule has 1 fully saturated rings. The fourth-order valence-corrected chi connectivity index (χ4v) is 5.11. The molecule has 0 bridgehead atoms. The molecular formula is C19H22BrN3O3S. The van der Waals surface area contributed by atoms with E-state index in [0.717, 1.165) is 54.1 Å². The van der Waals surface area contributed by atoms with Crippen LogP contribution in [-0.4, -0.2) is 53.2 Å².